The molecule has 0 atom stereocenters. The molecule has 2 N–H and O–H groups in total. The average Bonchev–Trinajstić information content (AvgIpc) is 2.75. The molecule has 34 heavy (non-hydrogen) atoms. The highest BCUT2D eigenvalue weighted by atomic mass is 32.2. The van der Waals surface area contributed by atoms with E-state index < -0.39 is 26.6 Å². The maximum atomic E-state index is 13.2. The zero-order valence-corrected chi connectivity index (χ0v) is 21.0. The molecule has 3 rings (SSSR count). The monoisotopic (exact) mass is 517 g/mol. The molecule has 1 aliphatic rings. The smallest absolute Gasteiger partial charge is 0.355 e. The van der Waals surface area contributed by atoms with E-state index in [4.69, 9.17) is 0 Å². The number of benzene rings is 1. The van der Waals surface area contributed by atoms with Crippen LogP contribution in [0.2, 0.25) is 0 Å². The fourth-order valence-corrected chi connectivity index (χ4v) is 5.73. The standard InChI is InChI=1S/C23H30F3N3O3S2/c1-22(2,3)34(31,32)29-16-10-8-15(9-11-16)21(30)27-12-13-33-19-14-20(23(24,25)26)28-18-7-5-4-6-17(18)19/h4-7,14-16,29H,8-13H2,1-3H3,(H,27,30)/t15-,16-. The number of aromatic nitrogens is 1. The van der Waals surface area contributed by atoms with Crippen LogP contribution in [0.1, 0.15) is 52.1 Å². The van der Waals surface area contributed by atoms with Crippen molar-refractivity contribution in [1.82, 2.24) is 15.0 Å². The van der Waals surface area contributed by atoms with E-state index in [1.54, 1.807) is 45.0 Å². The van der Waals surface area contributed by atoms with Crippen molar-refractivity contribution in [3.05, 3.63) is 36.0 Å². The maximum Gasteiger partial charge on any atom is 0.433 e. The summed E-state index contributed by atoms with van der Waals surface area (Å²) in [6.45, 7) is 5.25. The summed E-state index contributed by atoms with van der Waals surface area (Å²) in [5, 5.41) is 3.51. The zero-order valence-electron chi connectivity index (χ0n) is 19.4. The first kappa shape index (κ1) is 26.7. The highest BCUT2D eigenvalue weighted by Gasteiger charge is 2.35. The number of sulfonamides is 1. The van der Waals surface area contributed by atoms with Crippen molar-refractivity contribution < 1.29 is 26.4 Å². The van der Waals surface area contributed by atoms with Crippen LogP contribution >= 0.6 is 11.8 Å². The molecule has 6 nitrogen and oxygen atoms in total. The van der Waals surface area contributed by atoms with E-state index in [1.807, 2.05) is 0 Å². The van der Waals surface area contributed by atoms with Crippen molar-refractivity contribution in [2.24, 2.45) is 5.92 Å². The summed E-state index contributed by atoms with van der Waals surface area (Å²) in [4.78, 5) is 16.7. The van der Waals surface area contributed by atoms with Gasteiger partial charge in [0.15, 0.2) is 0 Å². The van der Waals surface area contributed by atoms with Crippen LogP contribution in [0, 0.1) is 5.92 Å². The number of hydrogen-bond acceptors (Lipinski definition) is 5. The topological polar surface area (TPSA) is 88.2 Å². The lowest BCUT2D eigenvalue weighted by molar-refractivity contribution is -0.141. The fraction of sp³-hybridized carbons (Fsp3) is 0.565. The molecule has 0 radical (unpaired) electrons. The van der Waals surface area contributed by atoms with Crippen LogP contribution in [-0.2, 0) is 21.0 Å². The minimum Gasteiger partial charge on any atom is -0.355 e. The average molecular weight is 518 g/mol. The van der Waals surface area contributed by atoms with Crippen molar-refractivity contribution >= 4 is 38.6 Å². The Kier molecular flexibility index (Phi) is 8.19. The molecule has 0 aliphatic heterocycles. The predicted octanol–water partition coefficient (Wildman–Crippen LogP) is 4.74. The molecule has 0 bridgehead atoms. The normalized spacial score (nSPS) is 19.8. The number of thioether (sulfide) groups is 1. The Morgan fingerprint density at radius 1 is 1.12 bits per heavy atom. The van der Waals surface area contributed by atoms with E-state index in [0.29, 0.717) is 48.3 Å². The lowest BCUT2D eigenvalue weighted by atomic mass is 9.86. The van der Waals surface area contributed by atoms with Crippen LogP contribution < -0.4 is 10.0 Å². The van der Waals surface area contributed by atoms with Gasteiger partial charge in [0.25, 0.3) is 0 Å². The molecule has 0 spiro atoms. The van der Waals surface area contributed by atoms with E-state index >= 15 is 0 Å². The quantitative estimate of drug-likeness (QED) is 0.409. The SMILES string of the molecule is CC(C)(C)S(=O)(=O)N[C@H]1CC[C@H](C(=O)NCCSc2cc(C(F)(F)F)nc3ccccc23)CC1. The summed E-state index contributed by atoms with van der Waals surface area (Å²) >= 11 is 1.25. The summed E-state index contributed by atoms with van der Waals surface area (Å²) in [7, 11) is -3.44. The lowest BCUT2D eigenvalue weighted by Gasteiger charge is -2.30. The number of para-hydroxylation sites is 1. The molecule has 11 heteroatoms. The second kappa shape index (κ2) is 10.4. The number of nitrogens with one attached hydrogen (secondary N) is 2. The molecule has 1 fully saturated rings. The van der Waals surface area contributed by atoms with Gasteiger partial charge in [-0.1, -0.05) is 18.2 Å². The molecule has 1 heterocycles. The third-order valence-corrected chi connectivity index (χ3v) is 9.17. The Balaban J connectivity index is 1.50. The van der Waals surface area contributed by atoms with Gasteiger partial charge < -0.3 is 5.32 Å². The third kappa shape index (κ3) is 6.63. The van der Waals surface area contributed by atoms with Crippen LogP contribution in [0.5, 0.6) is 0 Å². The third-order valence-electron chi connectivity index (χ3n) is 5.85. The molecule has 2 aromatic rings. The van der Waals surface area contributed by atoms with E-state index in [2.05, 4.69) is 15.0 Å². The van der Waals surface area contributed by atoms with Crippen LogP contribution in [0.25, 0.3) is 10.9 Å². The van der Waals surface area contributed by atoms with E-state index in [9.17, 15) is 26.4 Å². The number of fused-ring (bicyclic) bond motifs is 1. The molecule has 1 aromatic carbocycles. The molecule has 0 saturated heterocycles. The first-order valence-electron chi connectivity index (χ1n) is 11.2. The number of alkyl halides is 3. The Labute approximate surface area is 202 Å². The van der Waals surface area contributed by atoms with Gasteiger partial charge in [-0.2, -0.15) is 13.2 Å². The predicted molar refractivity (Wildman–Crippen MR) is 128 cm³/mol. The van der Waals surface area contributed by atoms with E-state index in [-0.39, 0.29) is 23.4 Å². The highest BCUT2D eigenvalue weighted by Crippen LogP contribution is 2.34. The first-order valence-corrected chi connectivity index (χ1v) is 13.6. The van der Waals surface area contributed by atoms with Crippen LogP contribution in [0.15, 0.2) is 35.2 Å². The van der Waals surface area contributed by atoms with Gasteiger partial charge in [0.1, 0.15) is 5.69 Å². The number of amides is 1. The van der Waals surface area contributed by atoms with Crippen molar-refractivity contribution in [1.29, 1.82) is 0 Å². The number of carbonyl (C=O) groups is 1. The molecule has 1 aliphatic carbocycles. The molecular formula is C23H30F3N3O3S2. The number of nitrogens with zero attached hydrogens (tertiary/aromatic N) is 1. The van der Waals surface area contributed by atoms with Gasteiger partial charge in [0, 0.05) is 34.5 Å². The van der Waals surface area contributed by atoms with Gasteiger partial charge in [-0.25, -0.2) is 18.1 Å². The van der Waals surface area contributed by atoms with Gasteiger partial charge in [0.05, 0.1) is 10.3 Å². The highest BCUT2D eigenvalue weighted by molar-refractivity contribution is 7.99. The fourth-order valence-electron chi connectivity index (χ4n) is 3.76. The Morgan fingerprint density at radius 2 is 1.76 bits per heavy atom. The van der Waals surface area contributed by atoms with Crippen molar-refractivity contribution in [2.75, 3.05) is 12.3 Å². The molecule has 1 aromatic heterocycles. The van der Waals surface area contributed by atoms with Crippen molar-refractivity contribution in [3.8, 4) is 0 Å². The zero-order chi connectivity index (χ0) is 25.1. The van der Waals surface area contributed by atoms with Gasteiger partial charge in [-0.3, -0.25) is 4.79 Å². The summed E-state index contributed by atoms with van der Waals surface area (Å²) in [6, 6.07) is 7.55. The molecule has 188 valence electrons. The number of halogens is 3. The summed E-state index contributed by atoms with van der Waals surface area (Å²) in [6.07, 6.45) is -2.19. The summed E-state index contributed by atoms with van der Waals surface area (Å²) in [5.74, 6) is 0.116. The Morgan fingerprint density at radius 3 is 2.38 bits per heavy atom. The van der Waals surface area contributed by atoms with Gasteiger partial charge in [-0.05, 0) is 58.6 Å². The van der Waals surface area contributed by atoms with E-state index in [0.717, 1.165) is 6.07 Å². The molecule has 0 unspecified atom stereocenters. The molecule has 1 amide bonds. The molecule has 1 saturated carbocycles. The van der Waals surface area contributed by atoms with Crippen LogP contribution in [0.4, 0.5) is 13.2 Å². The van der Waals surface area contributed by atoms with Crippen LogP contribution in [-0.4, -0.2) is 42.4 Å². The number of hydrogen-bond donors (Lipinski definition) is 2. The number of rotatable bonds is 7. The van der Waals surface area contributed by atoms with Crippen LogP contribution in [0.3, 0.4) is 0 Å². The second-order valence-corrected chi connectivity index (χ2v) is 13.0. The Bertz CT molecular complexity index is 1120. The van der Waals surface area contributed by atoms with Crippen molar-refractivity contribution in [2.45, 2.75) is 68.3 Å². The second-order valence-electron chi connectivity index (χ2n) is 9.44. The first-order chi connectivity index (χ1) is 15.8. The van der Waals surface area contributed by atoms with E-state index in [1.165, 1.54) is 11.8 Å². The largest absolute Gasteiger partial charge is 0.433 e. The van der Waals surface area contributed by atoms with Crippen molar-refractivity contribution in [3.63, 3.8) is 0 Å². The van der Waals surface area contributed by atoms with Gasteiger partial charge >= 0.3 is 6.18 Å². The molecular weight excluding hydrogens is 487 g/mol. The minimum atomic E-state index is -4.53. The summed E-state index contributed by atoms with van der Waals surface area (Å²) in [5.41, 5.74) is -0.653. The maximum absolute atomic E-state index is 13.2. The summed E-state index contributed by atoms with van der Waals surface area (Å²) < 4.78 is 66.1. The van der Waals surface area contributed by atoms with Gasteiger partial charge in [0.2, 0.25) is 15.9 Å². The number of carbonyl (C=O) groups excluding carboxylic acids is 1. The van der Waals surface area contributed by atoms with Gasteiger partial charge in [-0.15, -0.1) is 11.8 Å². The lowest BCUT2D eigenvalue weighted by Crippen LogP contribution is -2.46. The minimum absolute atomic E-state index is 0.103. The number of pyridine rings is 1. The Hall–Kier alpha value is -1.85.